The molecule has 2 heteroatoms. The lowest BCUT2D eigenvalue weighted by Gasteiger charge is -2.17. The Hall–Kier alpha value is -0.730. The van der Waals surface area contributed by atoms with Crippen molar-refractivity contribution in [1.29, 1.82) is 0 Å². The van der Waals surface area contributed by atoms with Crippen molar-refractivity contribution >= 4 is 18.7 Å². The second-order valence-electron chi connectivity index (χ2n) is 3.87. The zero-order valence-corrected chi connectivity index (χ0v) is 9.76. The van der Waals surface area contributed by atoms with E-state index in [1.54, 1.807) is 0 Å². The van der Waals surface area contributed by atoms with Crippen LogP contribution in [-0.2, 0) is 13.0 Å². The highest BCUT2D eigenvalue weighted by molar-refractivity contribution is 7.80. The average molecular weight is 219 g/mol. The molecule has 80 valence electrons. The largest absolute Gasteiger partial charge is 0.312 e. The van der Waals surface area contributed by atoms with Crippen LogP contribution in [0.5, 0.6) is 0 Å². The van der Waals surface area contributed by atoms with Gasteiger partial charge in [0.15, 0.2) is 0 Å². The van der Waals surface area contributed by atoms with E-state index in [2.05, 4.69) is 48.3 Å². The van der Waals surface area contributed by atoms with Crippen molar-refractivity contribution in [2.45, 2.75) is 19.4 Å². The third-order valence-electron chi connectivity index (χ3n) is 2.72. The van der Waals surface area contributed by atoms with Crippen molar-refractivity contribution in [3.8, 4) is 0 Å². The zero-order valence-electron chi connectivity index (χ0n) is 8.87. The maximum Gasteiger partial charge on any atom is 0.0208 e. The predicted octanol–water partition coefficient (Wildman–Crippen LogP) is 2.67. The molecule has 15 heavy (non-hydrogen) atoms. The van der Waals surface area contributed by atoms with Crippen LogP contribution < -0.4 is 5.32 Å². The van der Waals surface area contributed by atoms with Crippen LogP contribution in [0.2, 0.25) is 0 Å². The number of hydrogen-bond acceptors (Lipinski definition) is 2. The third-order valence-corrected chi connectivity index (χ3v) is 2.98. The molecule has 1 aromatic carbocycles. The minimum atomic E-state index is 0.922. The summed E-state index contributed by atoms with van der Waals surface area (Å²) >= 11 is 4.19. The quantitative estimate of drug-likeness (QED) is 0.745. The molecule has 0 fully saturated rings. The fourth-order valence-electron chi connectivity index (χ4n) is 1.89. The second-order valence-corrected chi connectivity index (χ2v) is 4.32. The summed E-state index contributed by atoms with van der Waals surface area (Å²) in [5.74, 6) is 0.922. The van der Waals surface area contributed by atoms with Gasteiger partial charge in [0.1, 0.15) is 0 Å². The van der Waals surface area contributed by atoms with Crippen molar-refractivity contribution < 1.29 is 0 Å². The van der Waals surface area contributed by atoms with Crippen LogP contribution in [0, 0.1) is 0 Å². The number of fused-ring (bicyclic) bond motifs is 1. The summed E-state index contributed by atoms with van der Waals surface area (Å²) in [6.45, 7) is 2.13. The van der Waals surface area contributed by atoms with E-state index >= 15 is 0 Å². The SMILES string of the molecule is SCCC=Cc1ccc2c(c1)CCNC2. The minimum Gasteiger partial charge on any atom is -0.312 e. The molecule has 0 spiro atoms. The highest BCUT2D eigenvalue weighted by Gasteiger charge is 2.07. The van der Waals surface area contributed by atoms with Gasteiger partial charge in [-0.15, -0.1) is 0 Å². The zero-order chi connectivity index (χ0) is 10.5. The smallest absolute Gasteiger partial charge is 0.0208 e. The summed E-state index contributed by atoms with van der Waals surface area (Å²) in [6.07, 6.45) is 6.58. The van der Waals surface area contributed by atoms with E-state index in [0.29, 0.717) is 0 Å². The molecule has 0 amide bonds. The summed E-state index contributed by atoms with van der Waals surface area (Å²) in [7, 11) is 0. The molecular weight excluding hydrogens is 202 g/mol. The van der Waals surface area contributed by atoms with Gasteiger partial charge in [-0.2, -0.15) is 12.6 Å². The van der Waals surface area contributed by atoms with Gasteiger partial charge in [-0.05, 0) is 41.8 Å². The van der Waals surface area contributed by atoms with Crippen molar-refractivity contribution in [2.75, 3.05) is 12.3 Å². The highest BCUT2D eigenvalue weighted by Crippen LogP contribution is 2.16. The van der Waals surface area contributed by atoms with Crippen LogP contribution in [0.3, 0.4) is 0 Å². The molecule has 0 saturated heterocycles. The van der Waals surface area contributed by atoms with E-state index in [4.69, 9.17) is 0 Å². The number of hydrogen-bond donors (Lipinski definition) is 2. The maximum absolute atomic E-state index is 4.19. The normalized spacial score (nSPS) is 15.5. The van der Waals surface area contributed by atoms with Gasteiger partial charge in [0.25, 0.3) is 0 Å². The monoisotopic (exact) mass is 219 g/mol. The summed E-state index contributed by atoms with van der Waals surface area (Å²) in [5, 5.41) is 3.38. The topological polar surface area (TPSA) is 12.0 Å². The molecule has 0 radical (unpaired) electrons. The lowest BCUT2D eigenvalue weighted by atomic mass is 9.98. The molecule has 0 saturated carbocycles. The van der Waals surface area contributed by atoms with Gasteiger partial charge < -0.3 is 5.32 Å². The summed E-state index contributed by atoms with van der Waals surface area (Å²) in [5.41, 5.74) is 4.27. The average Bonchev–Trinajstić information content (AvgIpc) is 2.29. The van der Waals surface area contributed by atoms with E-state index in [0.717, 1.165) is 31.7 Å². The van der Waals surface area contributed by atoms with Crippen molar-refractivity contribution in [2.24, 2.45) is 0 Å². The first-order valence-corrected chi connectivity index (χ1v) is 6.13. The van der Waals surface area contributed by atoms with Crippen molar-refractivity contribution in [3.05, 3.63) is 41.0 Å². The van der Waals surface area contributed by atoms with E-state index in [-0.39, 0.29) is 0 Å². The van der Waals surface area contributed by atoms with Gasteiger partial charge in [-0.1, -0.05) is 30.4 Å². The van der Waals surface area contributed by atoms with Crippen LogP contribution >= 0.6 is 12.6 Å². The number of nitrogens with one attached hydrogen (secondary N) is 1. The third kappa shape index (κ3) is 2.86. The van der Waals surface area contributed by atoms with Gasteiger partial charge in [0.2, 0.25) is 0 Å². The standard InChI is InChI=1S/C13H17NS/c15-8-2-1-3-11-4-5-13-10-14-7-6-12(13)9-11/h1,3-5,9,14-15H,2,6-8,10H2. The molecule has 1 aliphatic heterocycles. The fourth-order valence-corrected chi connectivity index (χ4v) is 2.04. The van der Waals surface area contributed by atoms with Crippen molar-refractivity contribution in [3.63, 3.8) is 0 Å². The molecule has 1 N–H and O–H groups in total. The molecule has 2 rings (SSSR count). The van der Waals surface area contributed by atoms with Crippen LogP contribution in [0.25, 0.3) is 6.08 Å². The first kappa shape index (κ1) is 10.8. The molecule has 0 aliphatic carbocycles. The lowest BCUT2D eigenvalue weighted by molar-refractivity contribution is 0.643. The Bertz CT molecular complexity index is 358. The van der Waals surface area contributed by atoms with E-state index < -0.39 is 0 Å². The summed E-state index contributed by atoms with van der Waals surface area (Å²) in [6, 6.07) is 6.74. The predicted molar refractivity (Wildman–Crippen MR) is 69.4 cm³/mol. The van der Waals surface area contributed by atoms with E-state index in [9.17, 15) is 0 Å². The molecule has 0 bridgehead atoms. The molecule has 1 aliphatic rings. The minimum absolute atomic E-state index is 0.922. The Balaban J connectivity index is 2.13. The van der Waals surface area contributed by atoms with Crippen LogP contribution in [-0.4, -0.2) is 12.3 Å². The Morgan fingerprint density at radius 3 is 3.13 bits per heavy atom. The summed E-state index contributed by atoms with van der Waals surface area (Å²) < 4.78 is 0. The molecule has 0 unspecified atom stereocenters. The second kappa shape index (κ2) is 5.38. The van der Waals surface area contributed by atoms with Gasteiger partial charge in [0.05, 0.1) is 0 Å². The number of benzene rings is 1. The van der Waals surface area contributed by atoms with Gasteiger partial charge in [-0.3, -0.25) is 0 Å². The number of thiol groups is 1. The van der Waals surface area contributed by atoms with E-state index in [1.807, 2.05) is 0 Å². The van der Waals surface area contributed by atoms with Crippen LogP contribution in [0.1, 0.15) is 23.1 Å². The molecule has 0 aromatic heterocycles. The fraction of sp³-hybridized carbons (Fsp3) is 0.385. The Morgan fingerprint density at radius 2 is 2.27 bits per heavy atom. The Kier molecular flexibility index (Phi) is 3.87. The Morgan fingerprint density at radius 1 is 1.33 bits per heavy atom. The van der Waals surface area contributed by atoms with Crippen LogP contribution in [0.4, 0.5) is 0 Å². The molecular formula is C13H17NS. The van der Waals surface area contributed by atoms with E-state index in [1.165, 1.54) is 16.7 Å². The van der Waals surface area contributed by atoms with Gasteiger partial charge >= 0.3 is 0 Å². The number of rotatable bonds is 3. The highest BCUT2D eigenvalue weighted by atomic mass is 32.1. The maximum atomic E-state index is 4.19. The van der Waals surface area contributed by atoms with Gasteiger partial charge in [0, 0.05) is 6.54 Å². The number of allylic oxidation sites excluding steroid dienone is 1. The lowest BCUT2D eigenvalue weighted by Crippen LogP contribution is -2.23. The molecule has 0 atom stereocenters. The summed E-state index contributed by atoms with van der Waals surface area (Å²) in [4.78, 5) is 0. The Labute approximate surface area is 97.0 Å². The molecule has 1 aromatic rings. The van der Waals surface area contributed by atoms with Gasteiger partial charge in [-0.25, -0.2) is 0 Å². The molecule has 1 heterocycles. The first-order chi connectivity index (χ1) is 7.40. The van der Waals surface area contributed by atoms with Crippen LogP contribution in [0.15, 0.2) is 24.3 Å². The van der Waals surface area contributed by atoms with Crippen molar-refractivity contribution in [1.82, 2.24) is 5.32 Å². The first-order valence-electron chi connectivity index (χ1n) is 5.50. The molecule has 1 nitrogen and oxygen atoms in total.